The molecule has 0 atom stereocenters. The number of nitrogens with zero attached hydrogens (tertiary/aromatic N) is 1. The summed E-state index contributed by atoms with van der Waals surface area (Å²) in [6.07, 6.45) is 5.52. The average Bonchev–Trinajstić information content (AvgIpc) is 2.81. The molecule has 2 aromatic heterocycles. The van der Waals surface area contributed by atoms with Crippen LogP contribution in [0.2, 0.25) is 0 Å². The van der Waals surface area contributed by atoms with Gasteiger partial charge in [-0.05, 0) is 18.1 Å². The number of nitrogens with one attached hydrogen (secondary N) is 1. The van der Waals surface area contributed by atoms with Crippen molar-refractivity contribution in [1.82, 2.24) is 9.97 Å². The molecule has 98 valence electrons. The third kappa shape index (κ3) is 9.61. The molecule has 0 aromatic carbocycles. The van der Waals surface area contributed by atoms with Crippen molar-refractivity contribution >= 4 is 10.9 Å². The van der Waals surface area contributed by atoms with Gasteiger partial charge in [-0.15, -0.1) is 0 Å². The van der Waals surface area contributed by atoms with E-state index in [9.17, 15) is 0 Å². The highest BCUT2D eigenvalue weighted by Crippen LogP contribution is 2.07. The first-order chi connectivity index (χ1) is 8.20. The summed E-state index contributed by atoms with van der Waals surface area (Å²) in [7, 11) is 0. The number of rotatable bonds is 0. The Balaban J connectivity index is 0. The molecule has 0 saturated heterocycles. The zero-order valence-electron chi connectivity index (χ0n) is 12.4. The van der Waals surface area contributed by atoms with Crippen molar-refractivity contribution in [3.05, 3.63) is 30.7 Å². The Morgan fingerprint density at radius 3 is 2.00 bits per heavy atom. The van der Waals surface area contributed by atoms with Crippen LogP contribution in [0.25, 0.3) is 10.9 Å². The van der Waals surface area contributed by atoms with Crippen LogP contribution in [0, 0.1) is 5.92 Å². The normalized spacial score (nSPS) is 8.24. The molecular formula is C15H28N2. The number of hydrogen-bond donors (Lipinski definition) is 1. The Morgan fingerprint density at radius 1 is 1.00 bits per heavy atom. The number of fused-ring (bicyclic) bond motifs is 1. The third-order valence-corrected chi connectivity index (χ3v) is 1.35. The van der Waals surface area contributed by atoms with Gasteiger partial charge in [0, 0.05) is 29.5 Å². The Labute approximate surface area is 106 Å². The molecule has 0 amide bonds. The molecule has 0 saturated carbocycles. The Hall–Kier alpha value is -1.31. The molecule has 2 aromatic rings. The number of hydrogen-bond acceptors (Lipinski definition) is 1. The Kier molecular flexibility index (Phi) is 13.6. The van der Waals surface area contributed by atoms with Gasteiger partial charge in [-0.25, -0.2) is 0 Å². The SMILES string of the molecule is CC.CC.CC(C)C.c1cc2[nH]ccc2cn1. The minimum Gasteiger partial charge on any atom is -0.361 e. The molecule has 0 unspecified atom stereocenters. The first-order valence-corrected chi connectivity index (χ1v) is 6.57. The standard InChI is InChI=1S/C7H6N2.C4H10.2C2H6/c1-4-9-7-2-3-8-5-6(1)7;1-4(2)3;2*1-2/h1-5,9H;4H,1-3H3;2*1-2H3. The van der Waals surface area contributed by atoms with Crippen molar-refractivity contribution < 1.29 is 0 Å². The van der Waals surface area contributed by atoms with Crippen LogP contribution in [0.15, 0.2) is 30.7 Å². The summed E-state index contributed by atoms with van der Waals surface area (Å²) in [5.41, 5.74) is 1.14. The molecule has 0 bridgehead atoms. The second-order valence-electron chi connectivity index (χ2n) is 3.67. The summed E-state index contributed by atoms with van der Waals surface area (Å²) in [5.74, 6) is 0.833. The number of aromatic nitrogens is 2. The maximum atomic E-state index is 3.97. The van der Waals surface area contributed by atoms with Crippen LogP contribution in [0.5, 0.6) is 0 Å². The molecule has 0 aliphatic rings. The smallest absolute Gasteiger partial charge is 0.0484 e. The van der Waals surface area contributed by atoms with Crippen LogP contribution in [0.1, 0.15) is 48.5 Å². The summed E-state index contributed by atoms with van der Waals surface area (Å²) >= 11 is 0. The van der Waals surface area contributed by atoms with Gasteiger partial charge in [0.05, 0.1) is 0 Å². The van der Waals surface area contributed by atoms with E-state index in [0.29, 0.717) is 0 Å². The molecule has 0 radical (unpaired) electrons. The van der Waals surface area contributed by atoms with Crippen molar-refractivity contribution in [2.75, 3.05) is 0 Å². The molecule has 1 N–H and O–H groups in total. The highest BCUT2D eigenvalue weighted by molar-refractivity contribution is 5.77. The monoisotopic (exact) mass is 236 g/mol. The fraction of sp³-hybridized carbons (Fsp3) is 0.533. The predicted octanol–water partition coefficient (Wildman–Crippen LogP) is 5.28. The van der Waals surface area contributed by atoms with Crippen molar-refractivity contribution in [1.29, 1.82) is 0 Å². The quantitative estimate of drug-likeness (QED) is 0.662. The zero-order chi connectivity index (χ0) is 13.7. The molecule has 0 fully saturated rings. The van der Waals surface area contributed by atoms with Crippen LogP contribution in [0.3, 0.4) is 0 Å². The van der Waals surface area contributed by atoms with Crippen LogP contribution >= 0.6 is 0 Å². The predicted molar refractivity (Wildman–Crippen MR) is 79.3 cm³/mol. The van der Waals surface area contributed by atoms with Crippen LogP contribution < -0.4 is 0 Å². The Morgan fingerprint density at radius 2 is 1.53 bits per heavy atom. The number of pyridine rings is 1. The molecule has 0 aliphatic heterocycles. The molecule has 17 heavy (non-hydrogen) atoms. The molecule has 2 heteroatoms. The molecule has 2 heterocycles. The first-order valence-electron chi connectivity index (χ1n) is 6.57. The van der Waals surface area contributed by atoms with E-state index in [1.807, 2.05) is 52.2 Å². The minimum absolute atomic E-state index is 0.833. The van der Waals surface area contributed by atoms with Gasteiger partial charge in [-0.3, -0.25) is 4.98 Å². The fourth-order valence-corrected chi connectivity index (χ4v) is 0.892. The van der Waals surface area contributed by atoms with Gasteiger partial charge in [0.2, 0.25) is 0 Å². The van der Waals surface area contributed by atoms with Crippen molar-refractivity contribution in [2.45, 2.75) is 48.5 Å². The van der Waals surface area contributed by atoms with Crippen LogP contribution in [-0.4, -0.2) is 9.97 Å². The van der Waals surface area contributed by atoms with Gasteiger partial charge in [-0.2, -0.15) is 0 Å². The second kappa shape index (κ2) is 12.8. The number of aromatic amines is 1. The van der Waals surface area contributed by atoms with E-state index < -0.39 is 0 Å². The van der Waals surface area contributed by atoms with Gasteiger partial charge < -0.3 is 4.98 Å². The molecular weight excluding hydrogens is 208 g/mol. The maximum absolute atomic E-state index is 3.97. The lowest BCUT2D eigenvalue weighted by Crippen LogP contribution is -1.67. The zero-order valence-corrected chi connectivity index (χ0v) is 12.4. The topological polar surface area (TPSA) is 28.7 Å². The largest absolute Gasteiger partial charge is 0.361 e. The first kappa shape index (κ1) is 18.1. The van der Waals surface area contributed by atoms with E-state index in [0.717, 1.165) is 16.8 Å². The number of H-pyrrole nitrogens is 1. The van der Waals surface area contributed by atoms with Gasteiger partial charge in [0.25, 0.3) is 0 Å². The highest BCUT2D eigenvalue weighted by atomic mass is 14.7. The lowest BCUT2D eigenvalue weighted by Gasteiger charge is -1.82. The van der Waals surface area contributed by atoms with E-state index in [-0.39, 0.29) is 0 Å². The average molecular weight is 236 g/mol. The lowest BCUT2D eigenvalue weighted by atomic mass is 10.3. The van der Waals surface area contributed by atoms with E-state index in [2.05, 4.69) is 30.7 Å². The summed E-state index contributed by atoms with van der Waals surface area (Å²) in [5, 5.41) is 1.16. The van der Waals surface area contributed by atoms with Crippen molar-refractivity contribution in [3.8, 4) is 0 Å². The van der Waals surface area contributed by atoms with Crippen LogP contribution in [0.4, 0.5) is 0 Å². The minimum atomic E-state index is 0.833. The molecule has 2 rings (SSSR count). The molecule has 0 spiro atoms. The van der Waals surface area contributed by atoms with Crippen molar-refractivity contribution in [2.24, 2.45) is 5.92 Å². The fourth-order valence-electron chi connectivity index (χ4n) is 0.892. The van der Waals surface area contributed by atoms with Crippen molar-refractivity contribution in [3.63, 3.8) is 0 Å². The van der Waals surface area contributed by atoms with Crippen LogP contribution in [-0.2, 0) is 0 Å². The highest BCUT2D eigenvalue weighted by Gasteiger charge is 1.87. The maximum Gasteiger partial charge on any atom is 0.0484 e. The van der Waals surface area contributed by atoms with E-state index >= 15 is 0 Å². The molecule has 0 aliphatic carbocycles. The van der Waals surface area contributed by atoms with E-state index in [1.54, 1.807) is 6.20 Å². The third-order valence-electron chi connectivity index (χ3n) is 1.35. The summed E-state index contributed by atoms with van der Waals surface area (Å²) in [4.78, 5) is 7.04. The summed E-state index contributed by atoms with van der Waals surface area (Å²) < 4.78 is 0. The van der Waals surface area contributed by atoms with Gasteiger partial charge in [0.1, 0.15) is 0 Å². The van der Waals surface area contributed by atoms with E-state index in [1.165, 1.54) is 0 Å². The summed E-state index contributed by atoms with van der Waals surface area (Å²) in [6.45, 7) is 14.5. The molecule has 2 nitrogen and oxygen atoms in total. The van der Waals surface area contributed by atoms with E-state index in [4.69, 9.17) is 0 Å². The second-order valence-corrected chi connectivity index (χ2v) is 3.67. The Bertz CT molecular complexity index is 317. The summed E-state index contributed by atoms with van der Waals surface area (Å²) in [6, 6.07) is 3.96. The van der Waals surface area contributed by atoms with Gasteiger partial charge in [-0.1, -0.05) is 48.5 Å². The van der Waals surface area contributed by atoms with Gasteiger partial charge in [0.15, 0.2) is 0 Å². The lowest BCUT2D eigenvalue weighted by molar-refractivity contribution is 0.737. The van der Waals surface area contributed by atoms with Gasteiger partial charge >= 0.3 is 0 Å².